The first kappa shape index (κ1) is 23.0. The highest BCUT2D eigenvalue weighted by molar-refractivity contribution is 6.31. The van der Waals surface area contributed by atoms with Crippen LogP contribution in [-0.2, 0) is 16.1 Å². The predicted molar refractivity (Wildman–Crippen MR) is 118 cm³/mol. The Morgan fingerprint density at radius 1 is 1.14 bits per heavy atom. The Kier molecular flexibility index (Phi) is 8.30. The third-order valence-corrected chi connectivity index (χ3v) is 5.33. The van der Waals surface area contributed by atoms with E-state index in [4.69, 9.17) is 21.4 Å². The highest BCUT2D eigenvalue weighted by atomic mass is 35.5. The number of aliphatic hydroxyl groups excluding tert-OH is 1. The number of halogens is 1. The number of nitrogens with one attached hydrogen (secondary N) is 1. The summed E-state index contributed by atoms with van der Waals surface area (Å²) in [6.45, 7) is 10.4. The lowest BCUT2D eigenvalue weighted by Crippen LogP contribution is -2.20. The normalized spacial score (nSPS) is 15.0. The van der Waals surface area contributed by atoms with Crippen molar-refractivity contribution in [2.24, 2.45) is 0 Å². The summed E-state index contributed by atoms with van der Waals surface area (Å²) in [7, 11) is 0. The van der Waals surface area contributed by atoms with Crippen LogP contribution in [0.4, 0.5) is 0 Å². The summed E-state index contributed by atoms with van der Waals surface area (Å²) >= 11 is 6.14. The Balaban J connectivity index is 0.000000234. The smallest absolute Gasteiger partial charge is 0.197 e. The Morgan fingerprint density at radius 3 is 2.38 bits per heavy atom. The van der Waals surface area contributed by atoms with Crippen LogP contribution in [0.25, 0.3) is 0 Å². The second-order valence-electron chi connectivity index (χ2n) is 7.40. The standard InChI is InChI=1S/C14H16ClNO2.C10H14O/c1-3-4-13(17)12-8-18-14(16-12)10-7-9(2)5-6-11(10)15;1-7-4-10(6-11)5-8(2)9(7)3/h5-8,14,16H,3-4H2,1-2H3;4-5,11H,6H2,1-3H3. The molecular formula is C24H30ClNO3. The van der Waals surface area contributed by atoms with E-state index in [2.05, 4.69) is 26.1 Å². The first-order chi connectivity index (χ1) is 13.8. The summed E-state index contributed by atoms with van der Waals surface area (Å²) in [5.74, 6) is 0.0729. The van der Waals surface area contributed by atoms with Gasteiger partial charge in [0, 0.05) is 17.0 Å². The van der Waals surface area contributed by atoms with E-state index in [9.17, 15) is 4.79 Å². The Morgan fingerprint density at radius 2 is 1.79 bits per heavy atom. The predicted octanol–water partition coefficient (Wildman–Crippen LogP) is 5.58. The van der Waals surface area contributed by atoms with Crippen LogP contribution in [0.5, 0.6) is 0 Å². The lowest BCUT2D eigenvalue weighted by molar-refractivity contribution is -0.115. The molecule has 1 aliphatic heterocycles. The first-order valence-corrected chi connectivity index (χ1v) is 10.2. The molecule has 0 aromatic heterocycles. The minimum atomic E-state index is -0.367. The molecule has 156 valence electrons. The van der Waals surface area contributed by atoms with Gasteiger partial charge in [-0.1, -0.05) is 42.3 Å². The molecular weight excluding hydrogens is 386 g/mol. The topological polar surface area (TPSA) is 58.6 Å². The van der Waals surface area contributed by atoms with Crippen molar-refractivity contribution in [2.75, 3.05) is 0 Å². The molecule has 1 unspecified atom stereocenters. The largest absolute Gasteiger partial charge is 0.472 e. The van der Waals surface area contributed by atoms with Crippen LogP contribution in [0.3, 0.4) is 0 Å². The molecule has 0 spiro atoms. The number of ketones is 1. The zero-order valence-electron chi connectivity index (χ0n) is 17.8. The molecule has 4 nitrogen and oxygen atoms in total. The lowest BCUT2D eigenvalue weighted by atomic mass is 10.0. The van der Waals surface area contributed by atoms with Crippen LogP contribution >= 0.6 is 11.6 Å². The second kappa shape index (κ2) is 10.5. The lowest BCUT2D eigenvalue weighted by Gasteiger charge is -2.14. The van der Waals surface area contributed by atoms with E-state index in [0.717, 1.165) is 23.1 Å². The fourth-order valence-electron chi connectivity index (χ4n) is 3.09. The molecule has 0 aliphatic carbocycles. The molecule has 1 heterocycles. The second-order valence-corrected chi connectivity index (χ2v) is 7.81. The number of aryl methyl sites for hydroxylation is 3. The Hall–Kier alpha value is -2.30. The van der Waals surface area contributed by atoms with E-state index >= 15 is 0 Å². The van der Waals surface area contributed by atoms with E-state index in [-0.39, 0.29) is 18.6 Å². The molecule has 0 saturated heterocycles. The number of carbonyl (C=O) groups is 1. The van der Waals surface area contributed by atoms with Crippen molar-refractivity contribution in [3.8, 4) is 0 Å². The van der Waals surface area contributed by atoms with E-state index in [1.807, 2.05) is 44.2 Å². The third kappa shape index (κ3) is 6.09. The quantitative estimate of drug-likeness (QED) is 0.669. The maximum Gasteiger partial charge on any atom is 0.197 e. The summed E-state index contributed by atoms with van der Waals surface area (Å²) in [5, 5.41) is 12.6. The van der Waals surface area contributed by atoms with Gasteiger partial charge in [0.15, 0.2) is 12.0 Å². The zero-order valence-corrected chi connectivity index (χ0v) is 18.6. The number of rotatable bonds is 5. The molecule has 0 radical (unpaired) electrons. The van der Waals surface area contributed by atoms with Crippen LogP contribution in [0.15, 0.2) is 42.3 Å². The number of hydrogen-bond donors (Lipinski definition) is 2. The van der Waals surface area contributed by atoms with E-state index in [1.165, 1.54) is 23.0 Å². The summed E-state index contributed by atoms with van der Waals surface area (Å²) < 4.78 is 5.48. The first-order valence-electron chi connectivity index (χ1n) is 9.85. The maximum atomic E-state index is 11.7. The molecule has 0 bridgehead atoms. The molecule has 0 saturated carbocycles. The summed E-state index contributed by atoms with van der Waals surface area (Å²) in [5.41, 5.74) is 7.33. The minimum Gasteiger partial charge on any atom is -0.472 e. The molecule has 0 fully saturated rings. The SMILES string of the molecule is CCCC(=O)C1=COC(c2cc(C)ccc2Cl)N1.Cc1cc(CO)cc(C)c1C. The van der Waals surface area contributed by atoms with E-state index in [1.54, 1.807) is 0 Å². The molecule has 2 aromatic rings. The molecule has 29 heavy (non-hydrogen) atoms. The van der Waals surface area contributed by atoms with Gasteiger partial charge in [0.05, 0.1) is 6.61 Å². The van der Waals surface area contributed by atoms with Crippen LogP contribution in [-0.4, -0.2) is 10.9 Å². The molecule has 5 heteroatoms. The number of allylic oxidation sites excluding steroid dienone is 1. The number of benzene rings is 2. The molecule has 3 rings (SSSR count). The number of hydrogen-bond acceptors (Lipinski definition) is 4. The van der Waals surface area contributed by atoms with Crippen LogP contribution in [0, 0.1) is 27.7 Å². The average molecular weight is 416 g/mol. The molecule has 2 aromatic carbocycles. The van der Waals surface area contributed by atoms with Gasteiger partial charge in [-0.2, -0.15) is 0 Å². The highest BCUT2D eigenvalue weighted by Crippen LogP contribution is 2.29. The van der Waals surface area contributed by atoms with Gasteiger partial charge in [-0.3, -0.25) is 4.79 Å². The van der Waals surface area contributed by atoms with Gasteiger partial charge in [0.1, 0.15) is 12.0 Å². The van der Waals surface area contributed by atoms with Gasteiger partial charge in [-0.25, -0.2) is 0 Å². The molecule has 1 atom stereocenters. The number of Topliss-reactive ketones (excluding diaryl/α,β-unsaturated/α-hetero) is 1. The highest BCUT2D eigenvalue weighted by Gasteiger charge is 2.24. The monoisotopic (exact) mass is 415 g/mol. The summed E-state index contributed by atoms with van der Waals surface area (Å²) in [4.78, 5) is 11.7. The van der Waals surface area contributed by atoms with Crippen LogP contribution in [0.1, 0.15) is 59.4 Å². The maximum absolute atomic E-state index is 11.7. The number of aliphatic hydroxyl groups is 1. The van der Waals surface area contributed by atoms with Crippen molar-refractivity contribution in [2.45, 2.75) is 60.3 Å². The van der Waals surface area contributed by atoms with Gasteiger partial charge in [0.2, 0.25) is 0 Å². The fourth-order valence-corrected chi connectivity index (χ4v) is 3.30. The summed E-state index contributed by atoms with van der Waals surface area (Å²) in [6.07, 6.45) is 2.47. The average Bonchev–Trinajstić information content (AvgIpc) is 3.18. The van der Waals surface area contributed by atoms with Gasteiger partial charge < -0.3 is 15.2 Å². The fraction of sp³-hybridized carbons (Fsp3) is 0.375. The van der Waals surface area contributed by atoms with Crippen molar-refractivity contribution in [3.63, 3.8) is 0 Å². The van der Waals surface area contributed by atoms with E-state index < -0.39 is 0 Å². The number of ether oxygens (including phenoxy) is 1. The molecule has 2 N–H and O–H groups in total. The van der Waals surface area contributed by atoms with Gasteiger partial charge in [-0.05, 0) is 68.5 Å². The van der Waals surface area contributed by atoms with Gasteiger partial charge in [-0.15, -0.1) is 0 Å². The van der Waals surface area contributed by atoms with Gasteiger partial charge in [0.25, 0.3) is 0 Å². The van der Waals surface area contributed by atoms with Crippen LogP contribution < -0.4 is 5.32 Å². The Bertz CT molecular complexity index is 882. The van der Waals surface area contributed by atoms with Gasteiger partial charge >= 0.3 is 0 Å². The van der Waals surface area contributed by atoms with Crippen molar-refractivity contribution in [1.29, 1.82) is 0 Å². The molecule has 1 aliphatic rings. The van der Waals surface area contributed by atoms with Crippen molar-refractivity contribution in [3.05, 3.63) is 80.7 Å². The number of carbonyl (C=O) groups excluding carboxylic acids is 1. The third-order valence-electron chi connectivity index (χ3n) is 4.99. The van der Waals surface area contributed by atoms with Crippen molar-refractivity contribution in [1.82, 2.24) is 5.32 Å². The minimum absolute atomic E-state index is 0.0729. The molecule has 0 amide bonds. The summed E-state index contributed by atoms with van der Waals surface area (Å²) in [6, 6.07) is 9.80. The zero-order chi connectivity index (χ0) is 21.6. The van der Waals surface area contributed by atoms with Crippen molar-refractivity contribution < 1.29 is 14.6 Å². The Labute approximate surface area is 178 Å². The van der Waals surface area contributed by atoms with Crippen molar-refractivity contribution >= 4 is 17.4 Å². The van der Waals surface area contributed by atoms with E-state index in [0.29, 0.717) is 17.1 Å². The van der Waals surface area contributed by atoms with Crippen LogP contribution in [0.2, 0.25) is 5.02 Å².